The van der Waals surface area contributed by atoms with Gasteiger partial charge in [-0.15, -0.1) is 0 Å². The Morgan fingerprint density at radius 2 is 1.51 bits per heavy atom. The zero-order chi connectivity index (χ0) is 26.0. The van der Waals surface area contributed by atoms with Crippen molar-refractivity contribution in [3.05, 3.63) is 11.6 Å². The number of Topliss-reactive ketones (excluding diaryl/α,β-unsaturated/α-hetero) is 1. The molecule has 0 unspecified atom stereocenters. The molecule has 5 rings (SSSR count). The zero-order valence-corrected chi connectivity index (χ0v) is 24.8. The highest BCUT2D eigenvalue weighted by atomic mass is 127. The van der Waals surface area contributed by atoms with E-state index in [1.165, 1.54) is 5.57 Å². The summed E-state index contributed by atoms with van der Waals surface area (Å²) in [6.07, 6.45) is 9.63. The lowest BCUT2D eigenvalue weighted by molar-refractivity contribution is -0.196. The highest BCUT2D eigenvalue weighted by Crippen LogP contribution is 2.77. The molecule has 0 bridgehead atoms. The number of fused-ring (bicyclic) bond motifs is 7. The van der Waals surface area contributed by atoms with Crippen molar-refractivity contribution >= 4 is 40.1 Å². The number of rotatable bonds is 1. The summed E-state index contributed by atoms with van der Waals surface area (Å²) in [6.45, 7) is 15.7. The molecule has 0 heterocycles. The van der Waals surface area contributed by atoms with Crippen molar-refractivity contribution in [2.75, 3.05) is 0 Å². The monoisotopic (exact) mass is 594 g/mol. The van der Waals surface area contributed by atoms with Gasteiger partial charge in [0.25, 0.3) is 0 Å². The molecule has 5 heteroatoms. The smallest absolute Gasteiger partial charge is 0.309 e. The SMILES string of the molecule is C[C@]1(C(=O)O)CC[C@]2(C)CC[C@]3(C)C(=CC(=O)[C@@H]4[C@@]5(C)CCC(=O)[C@](C)(I)[C@]5(C)CC[C@]43C)[C@H]2C1. The van der Waals surface area contributed by atoms with Crippen molar-refractivity contribution in [3.63, 3.8) is 0 Å². The van der Waals surface area contributed by atoms with Gasteiger partial charge in [-0.3, -0.25) is 14.4 Å². The number of alkyl halides is 1. The van der Waals surface area contributed by atoms with Crippen LogP contribution in [0.25, 0.3) is 0 Å². The van der Waals surface area contributed by atoms with Crippen molar-refractivity contribution < 1.29 is 19.5 Å². The molecular weight excluding hydrogens is 551 g/mol. The lowest BCUT2D eigenvalue weighted by Gasteiger charge is -2.72. The van der Waals surface area contributed by atoms with Crippen molar-refractivity contribution in [3.8, 4) is 0 Å². The third-order valence-corrected chi connectivity index (χ3v) is 15.2. The summed E-state index contributed by atoms with van der Waals surface area (Å²) in [5, 5.41) is 10.1. The average molecular weight is 595 g/mol. The first-order valence-corrected chi connectivity index (χ1v) is 14.7. The second kappa shape index (κ2) is 7.22. The van der Waals surface area contributed by atoms with Crippen molar-refractivity contribution in [2.45, 2.75) is 110 Å². The van der Waals surface area contributed by atoms with Gasteiger partial charge in [0, 0.05) is 12.3 Å². The molecule has 0 aromatic heterocycles. The number of hydrogen-bond acceptors (Lipinski definition) is 3. The first kappa shape index (κ1) is 25.9. The lowest BCUT2D eigenvalue weighted by atomic mass is 9.32. The topological polar surface area (TPSA) is 71.4 Å². The molecule has 5 aliphatic rings. The fourth-order valence-electron chi connectivity index (χ4n) is 9.98. The van der Waals surface area contributed by atoms with Crippen LogP contribution in [0.15, 0.2) is 11.6 Å². The molecule has 0 aromatic rings. The second-order valence-corrected chi connectivity index (χ2v) is 16.8. The molecule has 0 spiro atoms. The minimum Gasteiger partial charge on any atom is -0.481 e. The predicted octanol–water partition coefficient (Wildman–Crippen LogP) is 7.18. The number of carbonyl (C=O) groups excluding carboxylic acids is 2. The molecule has 35 heavy (non-hydrogen) atoms. The van der Waals surface area contributed by atoms with Crippen LogP contribution in [0.4, 0.5) is 0 Å². The zero-order valence-electron chi connectivity index (χ0n) is 22.6. The quantitative estimate of drug-likeness (QED) is 0.258. The first-order valence-electron chi connectivity index (χ1n) is 13.6. The Balaban J connectivity index is 1.66. The maximum Gasteiger partial charge on any atom is 0.309 e. The fraction of sp³-hybridized carbons (Fsp3) is 0.833. The number of carboxylic acid groups (broad SMARTS) is 1. The maximum atomic E-state index is 14.3. The number of aliphatic carboxylic acids is 1. The van der Waals surface area contributed by atoms with Crippen LogP contribution in [0.5, 0.6) is 0 Å². The van der Waals surface area contributed by atoms with Gasteiger partial charge < -0.3 is 5.11 Å². The molecule has 4 nitrogen and oxygen atoms in total. The Morgan fingerprint density at radius 3 is 2.14 bits per heavy atom. The molecule has 1 N–H and O–H groups in total. The van der Waals surface area contributed by atoms with E-state index >= 15 is 0 Å². The van der Waals surface area contributed by atoms with Gasteiger partial charge in [-0.05, 0) is 104 Å². The van der Waals surface area contributed by atoms with Gasteiger partial charge in [-0.1, -0.05) is 62.8 Å². The molecule has 0 amide bonds. The molecule has 5 aliphatic carbocycles. The van der Waals surface area contributed by atoms with E-state index in [2.05, 4.69) is 64.1 Å². The first-order chi connectivity index (χ1) is 15.9. The summed E-state index contributed by atoms with van der Waals surface area (Å²) in [5.74, 6) is -0.101. The van der Waals surface area contributed by atoms with Crippen LogP contribution in [0.2, 0.25) is 0 Å². The van der Waals surface area contributed by atoms with E-state index in [9.17, 15) is 19.5 Å². The highest BCUT2D eigenvalue weighted by Gasteiger charge is 2.74. The summed E-state index contributed by atoms with van der Waals surface area (Å²) in [4.78, 5) is 39.7. The Labute approximate surface area is 224 Å². The minimum atomic E-state index is -0.728. The number of carbonyl (C=O) groups is 3. The molecule has 4 fully saturated rings. The third kappa shape index (κ3) is 2.88. The van der Waals surface area contributed by atoms with Crippen LogP contribution < -0.4 is 0 Å². The standard InChI is InChI=1S/C30H43IO4/c1-24-10-11-25(2,23(34)35)17-19(24)18-16-20(32)22-27(4,26(18,3)13-12-24)14-15-29(6)28(22,5)9-8-21(33)30(29,7)31/h16,19,22H,8-15,17H2,1-7H3,(H,34,35)/t19-,22+,24-,25+,26-,27-,28-,29-,30+/m1/s1. The van der Waals surface area contributed by atoms with Gasteiger partial charge in [-0.2, -0.15) is 0 Å². The molecule has 194 valence electrons. The lowest BCUT2D eigenvalue weighted by Crippen LogP contribution is -2.70. The fourth-order valence-corrected chi connectivity index (χ4v) is 11.1. The maximum absolute atomic E-state index is 14.3. The van der Waals surface area contributed by atoms with Crippen LogP contribution >= 0.6 is 22.6 Å². The van der Waals surface area contributed by atoms with Crippen LogP contribution in [-0.4, -0.2) is 26.1 Å². The number of hydrogen-bond donors (Lipinski definition) is 1. The Kier molecular flexibility index (Phi) is 5.35. The number of ketones is 2. The molecule has 0 saturated heterocycles. The van der Waals surface area contributed by atoms with E-state index in [0.29, 0.717) is 25.0 Å². The number of halogens is 1. The predicted molar refractivity (Wildman–Crippen MR) is 145 cm³/mol. The van der Waals surface area contributed by atoms with E-state index in [1.54, 1.807) is 0 Å². The van der Waals surface area contributed by atoms with Gasteiger partial charge in [-0.25, -0.2) is 0 Å². The number of carboxylic acids is 1. The number of allylic oxidation sites excluding steroid dienone is 2. The molecule has 9 atom stereocenters. The van der Waals surface area contributed by atoms with Gasteiger partial charge in [0.15, 0.2) is 5.78 Å². The molecule has 4 saturated carbocycles. The van der Waals surface area contributed by atoms with E-state index < -0.39 is 14.8 Å². The summed E-state index contributed by atoms with van der Waals surface area (Å²) >= 11 is 2.40. The molecule has 0 radical (unpaired) electrons. The van der Waals surface area contributed by atoms with Gasteiger partial charge in [0.1, 0.15) is 5.78 Å². The van der Waals surface area contributed by atoms with Crippen LogP contribution in [0.1, 0.15) is 106 Å². The van der Waals surface area contributed by atoms with Gasteiger partial charge >= 0.3 is 5.97 Å². The van der Waals surface area contributed by atoms with E-state index in [1.807, 2.05) is 13.0 Å². The molecule has 0 aromatic carbocycles. The second-order valence-electron chi connectivity index (χ2n) is 14.6. The normalized spacial score (nSPS) is 55.7. The summed E-state index contributed by atoms with van der Waals surface area (Å²) in [5.41, 5.74) is -0.197. The average Bonchev–Trinajstić information content (AvgIpc) is 2.76. The minimum absolute atomic E-state index is 0.0644. The molecular formula is C30H43IO4. The Hall–Kier alpha value is -0.720. The van der Waals surface area contributed by atoms with Crippen molar-refractivity contribution in [2.24, 2.45) is 44.3 Å². The van der Waals surface area contributed by atoms with Crippen LogP contribution in [0, 0.1) is 44.3 Å². The third-order valence-electron chi connectivity index (χ3n) is 13.4. The van der Waals surface area contributed by atoms with E-state index in [4.69, 9.17) is 0 Å². The summed E-state index contributed by atoms with van der Waals surface area (Å²) in [6, 6.07) is 0. The van der Waals surface area contributed by atoms with Crippen molar-refractivity contribution in [1.82, 2.24) is 0 Å². The summed E-state index contributed by atoms with van der Waals surface area (Å²) < 4.78 is -0.470. The Morgan fingerprint density at radius 1 is 0.886 bits per heavy atom. The highest BCUT2D eigenvalue weighted by molar-refractivity contribution is 14.1. The Bertz CT molecular complexity index is 1060. The van der Waals surface area contributed by atoms with Gasteiger partial charge in [0.2, 0.25) is 0 Å². The molecule has 0 aliphatic heterocycles. The van der Waals surface area contributed by atoms with E-state index in [0.717, 1.165) is 38.5 Å². The summed E-state index contributed by atoms with van der Waals surface area (Å²) in [7, 11) is 0. The van der Waals surface area contributed by atoms with Gasteiger partial charge in [0.05, 0.1) is 8.84 Å². The van der Waals surface area contributed by atoms with Crippen LogP contribution in [-0.2, 0) is 14.4 Å². The largest absolute Gasteiger partial charge is 0.481 e. The van der Waals surface area contributed by atoms with Crippen molar-refractivity contribution in [1.29, 1.82) is 0 Å². The van der Waals surface area contributed by atoms with Crippen LogP contribution in [0.3, 0.4) is 0 Å². The van der Waals surface area contributed by atoms with E-state index in [-0.39, 0.29) is 44.7 Å².